The van der Waals surface area contributed by atoms with Gasteiger partial charge in [0, 0.05) is 19.7 Å². The Hall–Kier alpha value is -4.25. The molecule has 3 aromatic rings. The lowest BCUT2D eigenvalue weighted by Crippen LogP contribution is -2.51. The van der Waals surface area contributed by atoms with Gasteiger partial charge in [0.25, 0.3) is 10.0 Å². The predicted molar refractivity (Wildman–Crippen MR) is 152 cm³/mol. The molecule has 0 aromatic heterocycles. The van der Waals surface area contributed by atoms with Crippen LogP contribution >= 0.6 is 0 Å². The second kappa shape index (κ2) is 13.7. The molecule has 0 heterocycles. The lowest BCUT2D eigenvalue weighted by molar-refractivity contribution is -0.140. The van der Waals surface area contributed by atoms with Crippen molar-refractivity contribution < 1.29 is 32.2 Å². The number of amides is 2. The van der Waals surface area contributed by atoms with Gasteiger partial charge in [-0.15, -0.1) is 0 Å². The molecular weight excluding hydrogens is 534 g/mol. The highest BCUT2D eigenvalue weighted by Crippen LogP contribution is 2.36. The minimum absolute atomic E-state index is 0.00674. The second-order valence-corrected chi connectivity index (χ2v) is 10.6. The monoisotopic (exact) mass is 569 g/mol. The molecule has 11 heteroatoms. The SMILES string of the molecule is CC[C@H](C(=O)NC)N(Cc1ccc(OC)cc1)C(=O)CN(c1cc(OC)ccc1OC)S(=O)(=O)c1ccccc1. The van der Waals surface area contributed by atoms with Crippen LogP contribution in [0.5, 0.6) is 17.2 Å². The van der Waals surface area contributed by atoms with Gasteiger partial charge in [-0.2, -0.15) is 0 Å². The van der Waals surface area contributed by atoms with E-state index in [1.807, 2.05) is 0 Å². The molecule has 1 atom stereocenters. The fourth-order valence-electron chi connectivity index (χ4n) is 4.24. The standard InChI is InChI=1S/C29H35N3O7S/c1-6-25(29(34)30-2)31(19-21-12-14-22(37-3)15-13-21)28(33)20-32(40(35,36)24-10-8-7-9-11-24)26-18-23(38-4)16-17-27(26)39-5/h7-18,25H,6,19-20H2,1-5H3,(H,30,34)/t25-/m1/s1. The number of methoxy groups -OCH3 is 3. The topological polar surface area (TPSA) is 114 Å². The van der Waals surface area contributed by atoms with Crippen molar-refractivity contribution >= 4 is 27.5 Å². The Labute approximate surface area is 235 Å². The number of nitrogens with one attached hydrogen (secondary N) is 1. The van der Waals surface area contributed by atoms with Crippen LogP contribution in [0.1, 0.15) is 18.9 Å². The Balaban J connectivity index is 2.12. The van der Waals surface area contributed by atoms with E-state index in [1.54, 1.807) is 68.6 Å². The van der Waals surface area contributed by atoms with Crippen molar-refractivity contribution in [2.75, 3.05) is 39.2 Å². The van der Waals surface area contributed by atoms with Gasteiger partial charge >= 0.3 is 0 Å². The zero-order valence-corrected chi connectivity index (χ0v) is 24.1. The van der Waals surface area contributed by atoms with Gasteiger partial charge in [-0.05, 0) is 48.4 Å². The summed E-state index contributed by atoms with van der Waals surface area (Å²) in [6.45, 7) is 1.27. The summed E-state index contributed by atoms with van der Waals surface area (Å²) >= 11 is 0. The molecule has 214 valence electrons. The quantitative estimate of drug-likeness (QED) is 0.335. The number of ether oxygens (including phenoxy) is 3. The van der Waals surface area contributed by atoms with Crippen LogP contribution in [0.2, 0.25) is 0 Å². The average molecular weight is 570 g/mol. The third kappa shape index (κ3) is 6.84. The van der Waals surface area contributed by atoms with Gasteiger partial charge in [0.2, 0.25) is 11.8 Å². The highest BCUT2D eigenvalue weighted by atomic mass is 32.2. The van der Waals surface area contributed by atoms with Gasteiger partial charge in [0.05, 0.1) is 31.9 Å². The Morgan fingerprint density at radius 3 is 2.05 bits per heavy atom. The average Bonchev–Trinajstić information content (AvgIpc) is 2.99. The van der Waals surface area contributed by atoms with E-state index in [0.717, 1.165) is 9.87 Å². The van der Waals surface area contributed by atoms with Crippen LogP contribution in [0.25, 0.3) is 0 Å². The third-order valence-electron chi connectivity index (χ3n) is 6.41. The maximum absolute atomic E-state index is 14.1. The van der Waals surface area contributed by atoms with Crippen LogP contribution in [0, 0.1) is 0 Å². The molecule has 3 aromatic carbocycles. The smallest absolute Gasteiger partial charge is 0.264 e. The number of nitrogens with zero attached hydrogens (tertiary/aromatic N) is 2. The Kier molecular flexibility index (Phi) is 10.4. The van der Waals surface area contributed by atoms with Crippen molar-refractivity contribution in [2.45, 2.75) is 30.8 Å². The molecule has 0 saturated carbocycles. The largest absolute Gasteiger partial charge is 0.497 e. The molecule has 0 saturated heterocycles. The highest BCUT2D eigenvalue weighted by molar-refractivity contribution is 7.92. The minimum atomic E-state index is -4.25. The molecule has 1 N–H and O–H groups in total. The summed E-state index contributed by atoms with van der Waals surface area (Å²) in [6.07, 6.45) is 0.315. The molecule has 0 fully saturated rings. The zero-order chi connectivity index (χ0) is 29.3. The molecule has 0 radical (unpaired) electrons. The van der Waals surface area contributed by atoms with Gasteiger partial charge in [-0.25, -0.2) is 8.42 Å². The molecule has 0 unspecified atom stereocenters. The summed E-state index contributed by atoms with van der Waals surface area (Å²) in [7, 11) is 1.67. The summed E-state index contributed by atoms with van der Waals surface area (Å²) in [4.78, 5) is 28.3. The molecule has 40 heavy (non-hydrogen) atoms. The van der Waals surface area contributed by atoms with Crippen LogP contribution in [0.3, 0.4) is 0 Å². The Bertz CT molecular complexity index is 1400. The first kappa shape index (κ1) is 30.3. The summed E-state index contributed by atoms with van der Waals surface area (Å²) < 4.78 is 45.0. The van der Waals surface area contributed by atoms with Crippen molar-refractivity contribution in [3.05, 3.63) is 78.4 Å². The number of rotatable bonds is 13. The first-order valence-corrected chi connectivity index (χ1v) is 14.1. The number of carbonyl (C=O) groups excluding carboxylic acids is 2. The maximum Gasteiger partial charge on any atom is 0.264 e. The number of benzene rings is 3. The van der Waals surface area contributed by atoms with Gasteiger partial charge in [0.15, 0.2) is 0 Å². The predicted octanol–water partition coefficient (Wildman–Crippen LogP) is 3.46. The van der Waals surface area contributed by atoms with E-state index in [4.69, 9.17) is 14.2 Å². The lowest BCUT2D eigenvalue weighted by atomic mass is 10.1. The van der Waals surface area contributed by atoms with Gasteiger partial charge < -0.3 is 24.4 Å². The normalized spacial score (nSPS) is 11.7. The number of hydrogen-bond donors (Lipinski definition) is 1. The van der Waals surface area contributed by atoms with Crippen molar-refractivity contribution in [1.82, 2.24) is 10.2 Å². The summed E-state index contributed by atoms with van der Waals surface area (Å²) in [5, 5.41) is 2.61. The number of anilines is 1. The Morgan fingerprint density at radius 2 is 1.50 bits per heavy atom. The van der Waals surface area contributed by atoms with Crippen LogP contribution in [0.4, 0.5) is 5.69 Å². The first-order chi connectivity index (χ1) is 19.2. The summed E-state index contributed by atoms with van der Waals surface area (Å²) in [5.41, 5.74) is 0.865. The number of hydrogen-bond acceptors (Lipinski definition) is 7. The summed E-state index contributed by atoms with van der Waals surface area (Å²) in [5.74, 6) is 0.318. The van der Waals surface area contributed by atoms with Crippen LogP contribution in [-0.2, 0) is 26.2 Å². The van der Waals surface area contributed by atoms with Crippen LogP contribution in [-0.4, -0.2) is 66.1 Å². The molecule has 0 aliphatic heterocycles. The molecule has 3 rings (SSSR count). The molecule has 0 bridgehead atoms. The van der Waals surface area contributed by atoms with Gasteiger partial charge in [0.1, 0.15) is 29.8 Å². The molecule has 0 aliphatic carbocycles. The second-order valence-electron chi connectivity index (χ2n) is 8.77. The van der Waals surface area contributed by atoms with E-state index in [1.165, 1.54) is 44.4 Å². The van der Waals surface area contributed by atoms with Crippen LogP contribution < -0.4 is 23.8 Å². The van der Waals surface area contributed by atoms with Crippen LogP contribution in [0.15, 0.2) is 77.7 Å². The highest BCUT2D eigenvalue weighted by Gasteiger charge is 2.34. The number of carbonyl (C=O) groups is 2. The van der Waals surface area contributed by atoms with E-state index < -0.39 is 28.5 Å². The Morgan fingerprint density at radius 1 is 0.875 bits per heavy atom. The maximum atomic E-state index is 14.1. The van der Waals surface area contributed by atoms with E-state index in [2.05, 4.69) is 5.32 Å². The number of likely N-dealkylation sites (N-methyl/N-ethyl adjacent to an activating group) is 1. The lowest BCUT2D eigenvalue weighted by Gasteiger charge is -2.33. The molecule has 2 amide bonds. The minimum Gasteiger partial charge on any atom is -0.497 e. The van der Waals surface area contributed by atoms with Crippen molar-refractivity contribution in [3.63, 3.8) is 0 Å². The fraction of sp³-hybridized carbons (Fsp3) is 0.310. The molecule has 0 aliphatic rings. The summed E-state index contributed by atoms with van der Waals surface area (Å²) in [6, 6.07) is 18.8. The molecular formula is C29H35N3O7S. The van der Waals surface area contributed by atoms with Crippen molar-refractivity contribution in [2.24, 2.45) is 0 Å². The van der Waals surface area contributed by atoms with E-state index in [0.29, 0.717) is 17.9 Å². The molecule has 10 nitrogen and oxygen atoms in total. The zero-order valence-electron chi connectivity index (χ0n) is 23.3. The third-order valence-corrected chi connectivity index (χ3v) is 8.18. The van der Waals surface area contributed by atoms with Gasteiger partial charge in [-0.3, -0.25) is 13.9 Å². The van der Waals surface area contributed by atoms with E-state index in [9.17, 15) is 18.0 Å². The molecule has 0 spiro atoms. The van der Waals surface area contributed by atoms with E-state index >= 15 is 0 Å². The first-order valence-electron chi connectivity index (χ1n) is 12.6. The van der Waals surface area contributed by atoms with Crippen molar-refractivity contribution in [1.29, 1.82) is 0 Å². The van der Waals surface area contributed by atoms with E-state index in [-0.39, 0.29) is 28.8 Å². The fourth-order valence-corrected chi connectivity index (χ4v) is 5.68. The number of sulfonamides is 1. The van der Waals surface area contributed by atoms with Gasteiger partial charge in [-0.1, -0.05) is 37.3 Å². The van der Waals surface area contributed by atoms with Crippen molar-refractivity contribution in [3.8, 4) is 17.2 Å².